The van der Waals surface area contributed by atoms with Crippen molar-refractivity contribution < 1.29 is 9.59 Å². The first-order valence-corrected chi connectivity index (χ1v) is 7.32. The molecule has 0 radical (unpaired) electrons. The maximum absolute atomic E-state index is 12.2. The number of hydrogen-bond donors (Lipinski definition) is 0. The number of amides is 2. The monoisotopic (exact) mass is 301 g/mol. The Balaban J connectivity index is 2.09. The van der Waals surface area contributed by atoms with Gasteiger partial charge in [0.05, 0.1) is 17.9 Å². The number of hydrogen-bond acceptors (Lipinski definition) is 4. The van der Waals surface area contributed by atoms with Gasteiger partial charge < -0.3 is 9.80 Å². The van der Waals surface area contributed by atoms with Crippen LogP contribution in [-0.2, 0) is 4.79 Å². The molecule has 0 spiro atoms. The second-order valence-electron chi connectivity index (χ2n) is 5.73. The van der Waals surface area contributed by atoms with Crippen LogP contribution in [0.2, 0.25) is 0 Å². The Hall–Kier alpha value is -2.44. The minimum absolute atomic E-state index is 0.00907. The van der Waals surface area contributed by atoms with Crippen LogP contribution in [0.3, 0.4) is 0 Å². The van der Waals surface area contributed by atoms with Crippen LogP contribution in [0.25, 0.3) is 5.65 Å². The molecule has 0 aromatic carbocycles. The van der Waals surface area contributed by atoms with Crippen molar-refractivity contribution in [3.8, 4) is 0 Å². The summed E-state index contributed by atoms with van der Waals surface area (Å²) in [5.74, 6) is -0.0706. The highest BCUT2D eigenvalue weighted by Gasteiger charge is 2.30. The number of aromatic nitrogens is 3. The molecule has 1 fully saturated rings. The van der Waals surface area contributed by atoms with Crippen LogP contribution in [0.4, 0.5) is 0 Å². The first kappa shape index (κ1) is 14.5. The Bertz CT molecular complexity index is 737. The van der Waals surface area contributed by atoms with E-state index in [1.165, 1.54) is 4.90 Å². The van der Waals surface area contributed by atoms with Gasteiger partial charge in [-0.15, -0.1) is 0 Å². The number of likely N-dealkylation sites (tertiary alicyclic amines) is 1. The number of rotatable bonds is 2. The van der Waals surface area contributed by atoms with Gasteiger partial charge in [-0.1, -0.05) is 0 Å². The number of nitrogens with zero attached hydrogens (tertiary/aromatic N) is 5. The van der Waals surface area contributed by atoms with E-state index in [0.29, 0.717) is 11.2 Å². The van der Waals surface area contributed by atoms with Crippen molar-refractivity contribution >= 4 is 17.5 Å². The van der Waals surface area contributed by atoms with Gasteiger partial charge in [0.1, 0.15) is 5.56 Å². The quantitative estimate of drug-likeness (QED) is 0.833. The summed E-state index contributed by atoms with van der Waals surface area (Å²) >= 11 is 0. The van der Waals surface area contributed by atoms with Crippen molar-refractivity contribution in [2.45, 2.75) is 25.8 Å². The summed E-state index contributed by atoms with van der Waals surface area (Å²) in [7, 11) is 3.40. The Morgan fingerprint density at radius 1 is 1.36 bits per heavy atom. The lowest BCUT2D eigenvalue weighted by atomic mass is 10.1. The van der Waals surface area contributed by atoms with Gasteiger partial charge in [0, 0.05) is 33.8 Å². The van der Waals surface area contributed by atoms with Gasteiger partial charge in [0.15, 0.2) is 5.65 Å². The molecule has 0 saturated carbocycles. The fourth-order valence-corrected chi connectivity index (χ4v) is 3.01. The van der Waals surface area contributed by atoms with Crippen molar-refractivity contribution in [3.63, 3.8) is 0 Å². The molecule has 2 aromatic heterocycles. The molecular weight excluding hydrogens is 282 g/mol. The molecule has 7 heteroatoms. The summed E-state index contributed by atoms with van der Waals surface area (Å²) in [5.41, 5.74) is 1.90. The molecule has 2 aromatic rings. The van der Waals surface area contributed by atoms with E-state index in [9.17, 15) is 9.59 Å². The van der Waals surface area contributed by atoms with Gasteiger partial charge in [-0.2, -0.15) is 5.10 Å². The van der Waals surface area contributed by atoms with Crippen molar-refractivity contribution in [2.75, 3.05) is 20.6 Å². The molecule has 0 aliphatic carbocycles. The Morgan fingerprint density at radius 2 is 2.14 bits per heavy atom. The average molecular weight is 301 g/mol. The van der Waals surface area contributed by atoms with E-state index < -0.39 is 0 Å². The topological polar surface area (TPSA) is 70.8 Å². The van der Waals surface area contributed by atoms with E-state index in [-0.39, 0.29) is 17.9 Å². The summed E-state index contributed by atoms with van der Waals surface area (Å²) in [6, 6.07) is 1.86. The fourth-order valence-electron chi connectivity index (χ4n) is 3.01. The molecule has 7 nitrogen and oxygen atoms in total. The van der Waals surface area contributed by atoms with E-state index in [1.807, 2.05) is 11.0 Å². The normalized spacial score (nSPS) is 18.0. The van der Waals surface area contributed by atoms with E-state index in [4.69, 9.17) is 0 Å². The van der Waals surface area contributed by atoms with Crippen molar-refractivity contribution in [3.05, 3.63) is 29.7 Å². The van der Waals surface area contributed by atoms with E-state index in [2.05, 4.69) is 10.1 Å². The van der Waals surface area contributed by atoms with Crippen LogP contribution in [0, 0.1) is 0 Å². The molecule has 0 unspecified atom stereocenters. The van der Waals surface area contributed by atoms with Crippen LogP contribution >= 0.6 is 0 Å². The van der Waals surface area contributed by atoms with Gasteiger partial charge >= 0.3 is 0 Å². The van der Waals surface area contributed by atoms with Crippen LogP contribution in [0.15, 0.2) is 18.5 Å². The molecule has 3 rings (SSSR count). The Kier molecular flexibility index (Phi) is 3.56. The fraction of sp³-hybridized carbons (Fsp3) is 0.467. The summed E-state index contributed by atoms with van der Waals surface area (Å²) in [5, 5.41) is 4.33. The average Bonchev–Trinajstić information content (AvgIpc) is 3.12. The standard InChI is InChI=1S/C15H19N5O2/c1-10(21)19-8-4-5-12(19)13-6-7-16-14-11(9-17-20(13)14)15(22)18(2)3/h6-7,9,12H,4-5,8H2,1-3H3/t12-/m1/s1. The van der Waals surface area contributed by atoms with Gasteiger partial charge in [-0.3, -0.25) is 9.59 Å². The largest absolute Gasteiger partial charge is 0.345 e. The molecule has 2 amide bonds. The van der Waals surface area contributed by atoms with Gasteiger partial charge in [0.25, 0.3) is 5.91 Å². The molecule has 0 bridgehead atoms. The number of carbonyl (C=O) groups excluding carboxylic acids is 2. The van der Waals surface area contributed by atoms with Crippen molar-refractivity contribution in [2.24, 2.45) is 0 Å². The minimum atomic E-state index is -0.130. The first-order chi connectivity index (χ1) is 10.5. The molecular formula is C15H19N5O2. The van der Waals surface area contributed by atoms with Crippen molar-refractivity contribution in [1.29, 1.82) is 0 Å². The van der Waals surface area contributed by atoms with E-state index in [0.717, 1.165) is 25.1 Å². The first-order valence-electron chi connectivity index (χ1n) is 7.32. The Labute approximate surface area is 128 Å². The third-order valence-electron chi connectivity index (χ3n) is 4.07. The molecule has 1 aliphatic heterocycles. The van der Waals surface area contributed by atoms with Gasteiger partial charge in [-0.25, -0.2) is 9.50 Å². The van der Waals surface area contributed by atoms with Crippen molar-refractivity contribution in [1.82, 2.24) is 24.4 Å². The van der Waals surface area contributed by atoms with Crippen LogP contribution in [0.5, 0.6) is 0 Å². The lowest BCUT2D eigenvalue weighted by Crippen LogP contribution is -2.29. The summed E-state index contributed by atoms with van der Waals surface area (Å²) < 4.78 is 1.68. The zero-order chi connectivity index (χ0) is 15.9. The highest BCUT2D eigenvalue weighted by atomic mass is 16.2. The van der Waals surface area contributed by atoms with Crippen LogP contribution in [-0.4, -0.2) is 56.9 Å². The molecule has 1 aliphatic rings. The molecule has 1 saturated heterocycles. The number of carbonyl (C=O) groups is 2. The van der Waals surface area contributed by atoms with E-state index >= 15 is 0 Å². The second-order valence-corrected chi connectivity index (χ2v) is 5.73. The van der Waals surface area contributed by atoms with Gasteiger partial charge in [0.2, 0.25) is 5.91 Å². The smallest absolute Gasteiger partial charge is 0.258 e. The summed E-state index contributed by atoms with van der Waals surface area (Å²) in [4.78, 5) is 31.6. The highest BCUT2D eigenvalue weighted by Crippen LogP contribution is 2.32. The summed E-state index contributed by atoms with van der Waals surface area (Å²) in [6.45, 7) is 2.34. The molecule has 116 valence electrons. The predicted octanol–water partition coefficient (Wildman–Crippen LogP) is 1.11. The Morgan fingerprint density at radius 3 is 2.82 bits per heavy atom. The van der Waals surface area contributed by atoms with E-state index in [1.54, 1.807) is 37.9 Å². The molecule has 3 heterocycles. The predicted molar refractivity (Wildman–Crippen MR) is 80.4 cm³/mol. The van der Waals surface area contributed by atoms with Gasteiger partial charge in [-0.05, 0) is 18.9 Å². The minimum Gasteiger partial charge on any atom is -0.345 e. The molecule has 0 N–H and O–H groups in total. The maximum Gasteiger partial charge on any atom is 0.258 e. The zero-order valence-corrected chi connectivity index (χ0v) is 13.0. The summed E-state index contributed by atoms with van der Waals surface area (Å²) in [6.07, 6.45) is 5.09. The van der Waals surface area contributed by atoms with Crippen LogP contribution < -0.4 is 0 Å². The lowest BCUT2D eigenvalue weighted by Gasteiger charge is -2.23. The third kappa shape index (κ3) is 2.22. The SMILES string of the molecule is CC(=O)N1CCC[C@@H]1c1ccnc2c(C(=O)N(C)C)cnn12. The maximum atomic E-state index is 12.2. The second kappa shape index (κ2) is 5.40. The zero-order valence-electron chi connectivity index (χ0n) is 13.0. The lowest BCUT2D eigenvalue weighted by molar-refractivity contribution is -0.129. The highest BCUT2D eigenvalue weighted by molar-refractivity contribution is 5.99. The molecule has 1 atom stereocenters. The molecule has 22 heavy (non-hydrogen) atoms. The van der Waals surface area contributed by atoms with Crippen LogP contribution in [0.1, 0.15) is 41.9 Å². The number of fused-ring (bicyclic) bond motifs is 1. The third-order valence-corrected chi connectivity index (χ3v) is 4.07.